The largest absolute Gasteiger partial charge is 0.0802 e. The highest BCUT2D eigenvalue weighted by atomic mass is 14.4. The first-order valence-electron chi connectivity index (χ1n) is 4.61. The normalized spacial score (nSPS) is 41.9. The lowest BCUT2D eigenvalue weighted by molar-refractivity contribution is 0.389. The van der Waals surface area contributed by atoms with Gasteiger partial charge in [-0.25, -0.2) is 0 Å². The van der Waals surface area contributed by atoms with Crippen LogP contribution in [-0.4, -0.2) is 0 Å². The zero-order valence-corrected chi connectivity index (χ0v) is 7.59. The highest BCUT2D eigenvalue weighted by molar-refractivity contribution is 5.41. The first-order valence-corrected chi connectivity index (χ1v) is 4.61. The molecule has 0 aliphatic heterocycles. The predicted octanol–water partition coefficient (Wildman–Crippen LogP) is 3.16. The van der Waals surface area contributed by atoms with Crippen LogP contribution in [0.2, 0.25) is 0 Å². The number of allylic oxidation sites excluding steroid dienone is 4. The summed E-state index contributed by atoms with van der Waals surface area (Å²) in [6.07, 6.45) is 5.87. The van der Waals surface area contributed by atoms with Gasteiger partial charge in [0.1, 0.15) is 0 Å². The molecule has 2 aliphatic carbocycles. The number of rotatable bonds is 0. The average molecular weight is 148 g/mol. The third-order valence-electron chi connectivity index (χ3n) is 3.62. The smallest absolute Gasteiger partial charge is 0.0127 e. The van der Waals surface area contributed by atoms with Crippen molar-refractivity contribution in [2.45, 2.75) is 27.2 Å². The lowest BCUT2D eigenvalue weighted by atomic mass is 9.88. The van der Waals surface area contributed by atoms with Crippen molar-refractivity contribution in [1.29, 1.82) is 0 Å². The van der Waals surface area contributed by atoms with Crippen LogP contribution in [0, 0.1) is 17.8 Å². The Labute approximate surface area is 69.0 Å². The number of hydrogen-bond acceptors (Lipinski definition) is 0. The van der Waals surface area contributed by atoms with E-state index in [4.69, 9.17) is 0 Å². The third kappa shape index (κ3) is 0.817. The zero-order valence-electron chi connectivity index (χ0n) is 7.59. The Bertz CT molecular complexity index is 232. The highest BCUT2D eigenvalue weighted by Crippen LogP contribution is 2.45. The van der Waals surface area contributed by atoms with Crippen molar-refractivity contribution in [3.8, 4) is 0 Å². The first-order chi connectivity index (χ1) is 5.22. The van der Waals surface area contributed by atoms with E-state index in [0.29, 0.717) is 0 Å². The SMILES string of the molecule is CC1C2=C(CC=C2)C(C)C1C. The second-order valence-corrected chi connectivity index (χ2v) is 4.02. The Morgan fingerprint density at radius 3 is 2.55 bits per heavy atom. The van der Waals surface area contributed by atoms with Crippen LogP contribution in [0.3, 0.4) is 0 Å². The lowest BCUT2D eigenvalue weighted by Crippen LogP contribution is -2.09. The van der Waals surface area contributed by atoms with Gasteiger partial charge in [-0.2, -0.15) is 0 Å². The van der Waals surface area contributed by atoms with Crippen LogP contribution in [0.1, 0.15) is 27.2 Å². The van der Waals surface area contributed by atoms with Crippen LogP contribution in [0.5, 0.6) is 0 Å². The minimum atomic E-state index is 0.804. The molecule has 2 rings (SSSR count). The summed E-state index contributed by atoms with van der Waals surface area (Å²) < 4.78 is 0. The van der Waals surface area contributed by atoms with Crippen LogP contribution in [0.4, 0.5) is 0 Å². The van der Waals surface area contributed by atoms with E-state index in [1.807, 2.05) is 0 Å². The molecule has 0 saturated carbocycles. The summed E-state index contributed by atoms with van der Waals surface area (Å²) in [4.78, 5) is 0. The molecule has 0 aromatic heterocycles. The predicted molar refractivity (Wildman–Crippen MR) is 48.3 cm³/mol. The average Bonchev–Trinajstić information content (AvgIpc) is 2.53. The monoisotopic (exact) mass is 148 g/mol. The second kappa shape index (κ2) is 2.23. The van der Waals surface area contributed by atoms with E-state index in [1.54, 1.807) is 11.1 Å². The minimum absolute atomic E-state index is 0.804. The molecule has 0 fully saturated rings. The van der Waals surface area contributed by atoms with Crippen molar-refractivity contribution in [3.63, 3.8) is 0 Å². The maximum absolute atomic E-state index is 2.38. The highest BCUT2D eigenvalue weighted by Gasteiger charge is 2.34. The Balaban J connectivity index is 2.35. The van der Waals surface area contributed by atoms with E-state index in [0.717, 1.165) is 17.8 Å². The van der Waals surface area contributed by atoms with Gasteiger partial charge in [-0.15, -0.1) is 0 Å². The van der Waals surface area contributed by atoms with Gasteiger partial charge in [-0.1, -0.05) is 38.5 Å². The first kappa shape index (κ1) is 7.15. The Kier molecular flexibility index (Phi) is 1.45. The molecule has 0 heterocycles. The molecule has 0 aromatic carbocycles. The Morgan fingerprint density at radius 2 is 1.91 bits per heavy atom. The molecule has 3 unspecified atom stereocenters. The summed E-state index contributed by atoms with van der Waals surface area (Å²) in [6.45, 7) is 7.11. The topological polar surface area (TPSA) is 0 Å². The van der Waals surface area contributed by atoms with Crippen molar-refractivity contribution in [1.82, 2.24) is 0 Å². The quantitative estimate of drug-likeness (QED) is 0.495. The fourth-order valence-electron chi connectivity index (χ4n) is 2.46. The number of hydrogen-bond donors (Lipinski definition) is 0. The molecule has 60 valence electrons. The molecule has 3 atom stereocenters. The van der Waals surface area contributed by atoms with Crippen LogP contribution in [0.25, 0.3) is 0 Å². The second-order valence-electron chi connectivity index (χ2n) is 4.02. The molecule has 0 radical (unpaired) electrons. The van der Waals surface area contributed by atoms with Crippen molar-refractivity contribution < 1.29 is 0 Å². The van der Waals surface area contributed by atoms with Gasteiger partial charge in [0.15, 0.2) is 0 Å². The van der Waals surface area contributed by atoms with Crippen molar-refractivity contribution in [2.24, 2.45) is 17.8 Å². The molecule has 11 heavy (non-hydrogen) atoms. The van der Waals surface area contributed by atoms with Gasteiger partial charge in [-0.3, -0.25) is 0 Å². The maximum atomic E-state index is 2.38. The van der Waals surface area contributed by atoms with Crippen molar-refractivity contribution >= 4 is 0 Å². The third-order valence-corrected chi connectivity index (χ3v) is 3.62. The molecule has 0 bridgehead atoms. The summed E-state index contributed by atoms with van der Waals surface area (Å²) >= 11 is 0. The molecule has 0 heteroatoms. The molecule has 0 N–H and O–H groups in total. The van der Waals surface area contributed by atoms with Crippen LogP contribution in [-0.2, 0) is 0 Å². The van der Waals surface area contributed by atoms with E-state index in [2.05, 4.69) is 32.9 Å². The van der Waals surface area contributed by atoms with E-state index in [1.165, 1.54) is 6.42 Å². The van der Waals surface area contributed by atoms with Gasteiger partial charge < -0.3 is 0 Å². The van der Waals surface area contributed by atoms with Crippen molar-refractivity contribution in [3.05, 3.63) is 23.3 Å². The maximum Gasteiger partial charge on any atom is -0.0127 e. The summed E-state index contributed by atoms with van der Waals surface area (Å²) in [7, 11) is 0. The van der Waals surface area contributed by atoms with Gasteiger partial charge >= 0.3 is 0 Å². The van der Waals surface area contributed by atoms with E-state index in [-0.39, 0.29) is 0 Å². The van der Waals surface area contributed by atoms with Gasteiger partial charge in [0.25, 0.3) is 0 Å². The van der Waals surface area contributed by atoms with Gasteiger partial charge in [-0.05, 0) is 29.7 Å². The standard InChI is InChI=1S/C11H16/c1-7-8(2)10-5-4-6-11(10)9(7)3/h4-5,7-9H,6H2,1-3H3. The van der Waals surface area contributed by atoms with Gasteiger partial charge in [0.05, 0.1) is 0 Å². The van der Waals surface area contributed by atoms with E-state index < -0.39 is 0 Å². The summed E-state index contributed by atoms with van der Waals surface area (Å²) in [6, 6.07) is 0. The van der Waals surface area contributed by atoms with E-state index >= 15 is 0 Å². The van der Waals surface area contributed by atoms with E-state index in [9.17, 15) is 0 Å². The van der Waals surface area contributed by atoms with Gasteiger partial charge in [0, 0.05) is 0 Å². The fraction of sp³-hybridized carbons (Fsp3) is 0.636. The minimum Gasteiger partial charge on any atom is -0.0802 e. The molecule has 0 amide bonds. The van der Waals surface area contributed by atoms with Crippen molar-refractivity contribution in [2.75, 3.05) is 0 Å². The van der Waals surface area contributed by atoms with Crippen LogP contribution >= 0.6 is 0 Å². The molecule has 2 aliphatic rings. The zero-order chi connectivity index (χ0) is 8.01. The molecule has 0 nitrogen and oxygen atoms in total. The fourth-order valence-corrected chi connectivity index (χ4v) is 2.46. The van der Waals surface area contributed by atoms with Gasteiger partial charge in [0.2, 0.25) is 0 Å². The van der Waals surface area contributed by atoms with Crippen LogP contribution in [0.15, 0.2) is 23.3 Å². The molecular weight excluding hydrogens is 132 g/mol. The summed E-state index contributed by atoms with van der Waals surface area (Å²) in [5.74, 6) is 2.50. The van der Waals surface area contributed by atoms with Crippen LogP contribution < -0.4 is 0 Å². The summed E-state index contributed by atoms with van der Waals surface area (Å²) in [5.41, 5.74) is 3.36. The lowest BCUT2D eigenvalue weighted by Gasteiger charge is -2.17. The summed E-state index contributed by atoms with van der Waals surface area (Å²) in [5, 5.41) is 0. The Hall–Kier alpha value is -0.520. The molecular formula is C11H16. The molecule has 0 spiro atoms. The Morgan fingerprint density at radius 1 is 1.18 bits per heavy atom. The molecule has 0 aromatic rings. The molecule has 0 saturated heterocycles.